The average Bonchev–Trinajstić information content (AvgIpc) is 2.88. The molecule has 2 aromatic rings. The molecule has 10 heteroatoms. The molecule has 1 aromatic heterocycles. The molecule has 2 heterocycles. The molecule has 3 rings (SSSR count). The highest BCUT2D eigenvalue weighted by molar-refractivity contribution is 6.35. The van der Waals surface area contributed by atoms with Gasteiger partial charge in [0.1, 0.15) is 0 Å². The van der Waals surface area contributed by atoms with Gasteiger partial charge in [0, 0.05) is 22.2 Å². The first-order valence-electron chi connectivity index (χ1n) is 7.24. The van der Waals surface area contributed by atoms with Gasteiger partial charge in [0.15, 0.2) is 5.69 Å². The maximum Gasteiger partial charge on any atom is 0.435 e. The Labute approximate surface area is 150 Å². The number of aromatic nitrogens is 2. The third kappa shape index (κ3) is 3.55. The zero-order valence-corrected chi connectivity index (χ0v) is 14.2. The van der Waals surface area contributed by atoms with Crippen molar-refractivity contribution in [2.75, 3.05) is 6.54 Å². The van der Waals surface area contributed by atoms with E-state index in [1.54, 1.807) is 12.1 Å². The number of alkyl halides is 3. The van der Waals surface area contributed by atoms with Gasteiger partial charge in [0.05, 0.1) is 18.8 Å². The fourth-order valence-corrected chi connectivity index (χ4v) is 3.28. The first-order chi connectivity index (χ1) is 11.7. The van der Waals surface area contributed by atoms with Gasteiger partial charge in [-0.2, -0.15) is 18.3 Å². The highest BCUT2D eigenvalue weighted by atomic mass is 35.5. The Bertz CT molecular complexity index is 836. The molecule has 25 heavy (non-hydrogen) atoms. The highest BCUT2D eigenvalue weighted by Gasteiger charge is 2.40. The van der Waals surface area contributed by atoms with Crippen LogP contribution in [-0.2, 0) is 25.7 Å². The Morgan fingerprint density at radius 1 is 1.32 bits per heavy atom. The van der Waals surface area contributed by atoms with E-state index in [1.807, 2.05) is 0 Å². The van der Waals surface area contributed by atoms with Gasteiger partial charge in [-0.05, 0) is 24.1 Å². The summed E-state index contributed by atoms with van der Waals surface area (Å²) < 4.78 is 41.0. The van der Waals surface area contributed by atoms with Crippen molar-refractivity contribution in [3.8, 4) is 0 Å². The summed E-state index contributed by atoms with van der Waals surface area (Å²) in [5, 5.41) is 13.5. The Kier molecular flexibility index (Phi) is 4.59. The largest absolute Gasteiger partial charge is 0.465 e. The van der Waals surface area contributed by atoms with E-state index in [0.717, 1.165) is 4.90 Å². The molecule has 1 aliphatic rings. The quantitative estimate of drug-likeness (QED) is 0.827. The van der Waals surface area contributed by atoms with Crippen molar-refractivity contribution in [2.24, 2.45) is 0 Å². The molecule has 0 fully saturated rings. The maximum absolute atomic E-state index is 13.3. The average molecular weight is 394 g/mol. The number of fused-ring (bicyclic) bond motifs is 1. The van der Waals surface area contributed by atoms with Crippen LogP contribution in [0.25, 0.3) is 0 Å². The molecule has 0 bridgehead atoms. The molecule has 1 N–H and O–H groups in total. The first kappa shape index (κ1) is 17.9. The Hall–Kier alpha value is -1.93. The van der Waals surface area contributed by atoms with Crippen LogP contribution in [0.4, 0.5) is 18.0 Å². The second-order valence-corrected chi connectivity index (χ2v) is 6.46. The van der Waals surface area contributed by atoms with Crippen LogP contribution in [0, 0.1) is 0 Å². The van der Waals surface area contributed by atoms with Crippen LogP contribution in [-0.4, -0.2) is 32.4 Å². The normalized spacial score (nSPS) is 14.5. The van der Waals surface area contributed by atoms with Gasteiger partial charge in [-0.25, -0.2) is 4.79 Å². The molecule has 0 unspecified atom stereocenters. The predicted molar refractivity (Wildman–Crippen MR) is 84.9 cm³/mol. The van der Waals surface area contributed by atoms with Crippen LogP contribution in [0.5, 0.6) is 0 Å². The molecule has 0 saturated carbocycles. The number of amides is 1. The lowest BCUT2D eigenvalue weighted by Crippen LogP contribution is -2.36. The molecule has 1 aromatic carbocycles. The topological polar surface area (TPSA) is 58.4 Å². The number of halogens is 5. The number of rotatable bonds is 2. The number of carbonyl (C=O) groups is 1. The van der Waals surface area contributed by atoms with Crippen molar-refractivity contribution >= 4 is 29.3 Å². The van der Waals surface area contributed by atoms with Crippen LogP contribution in [0.2, 0.25) is 10.0 Å². The summed E-state index contributed by atoms with van der Waals surface area (Å²) in [5.41, 5.74) is -0.169. The van der Waals surface area contributed by atoms with Crippen molar-refractivity contribution in [3.63, 3.8) is 0 Å². The first-order valence-corrected chi connectivity index (χ1v) is 8.00. The fourth-order valence-electron chi connectivity index (χ4n) is 2.81. The number of nitrogens with zero attached hydrogens (tertiary/aromatic N) is 3. The molecule has 0 radical (unpaired) electrons. The van der Waals surface area contributed by atoms with Crippen molar-refractivity contribution in [3.05, 3.63) is 50.8 Å². The van der Waals surface area contributed by atoms with E-state index in [-0.39, 0.29) is 37.3 Å². The van der Waals surface area contributed by atoms with Gasteiger partial charge >= 0.3 is 12.3 Å². The van der Waals surface area contributed by atoms with Gasteiger partial charge in [0.2, 0.25) is 0 Å². The summed E-state index contributed by atoms with van der Waals surface area (Å²) in [4.78, 5) is 12.2. The Morgan fingerprint density at radius 2 is 2.04 bits per heavy atom. The molecule has 1 aliphatic heterocycles. The number of hydrogen-bond donors (Lipinski definition) is 1. The summed E-state index contributed by atoms with van der Waals surface area (Å²) in [6, 6.07) is 4.67. The monoisotopic (exact) mass is 393 g/mol. The minimum Gasteiger partial charge on any atom is -0.465 e. The minimum atomic E-state index is -4.61. The van der Waals surface area contributed by atoms with Gasteiger partial charge in [-0.15, -0.1) is 0 Å². The predicted octanol–water partition coefficient (Wildman–Crippen LogP) is 4.29. The van der Waals surface area contributed by atoms with Crippen molar-refractivity contribution < 1.29 is 23.1 Å². The third-order valence-electron chi connectivity index (χ3n) is 4.01. The summed E-state index contributed by atoms with van der Waals surface area (Å²) in [7, 11) is 0. The van der Waals surface area contributed by atoms with E-state index >= 15 is 0 Å². The van der Waals surface area contributed by atoms with E-state index in [4.69, 9.17) is 28.3 Å². The smallest absolute Gasteiger partial charge is 0.435 e. The molecule has 0 aliphatic carbocycles. The lowest BCUT2D eigenvalue weighted by atomic mass is 10.0. The SMILES string of the molecule is O=C(O)N1CCc2c(C(F)(F)F)nn(Cc3ccc(Cl)cc3Cl)c2C1. The lowest BCUT2D eigenvalue weighted by molar-refractivity contribution is -0.142. The maximum atomic E-state index is 13.3. The van der Waals surface area contributed by atoms with Gasteiger partial charge in [-0.1, -0.05) is 29.3 Å². The number of benzene rings is 1. The second kappa shape index (κ2) is 6.42. The fraction of sp³-hybridized carbons (Fsp3) is 0.333. The van der Waals surface area contributed by atoms with Crippen molar-refractivity contribution in [1.82, 2.24) is 14.7 Å². The Balaban J connectivity index is 2.04. The molecule has 5 nitrogen and oxygen atoms in total. The van der Waals surface area contributed by atoms with Crippen molar-refractivity contribution in [1.29, 1.82) is 0 Å². The van der Waals surface area contributed by atoms with E-state index in [1.165, 1.54) is 10.7 Å². The molecular formula is C15H12Cl2F3N3O2. The highest BCUT2D eigenvalue weighted by Crippen LogP contribution is 2.35. The summed E-state index contributed by atoms with van der Waals surface area (Å²) in [6.07, 6.45) is -5.83. The molecule has 134 valence electrons. The van der Waals surface area contributed by atoms with E-state index in [9.17, 15) is 18.0 Å². The zero-order valence-electron chi connectivity index (χ0n) is 12.6. The van der Waals surface area contributed by atoms with E-state index in [0.29, 0.717) is 15.6 Å². The van der Waals surface area contributed by atoms with Gasteiger partial charge < -0.3 is 10.0 Å². The Morgan fingerprint density at radius 3 is 2.64 bits per heavy atom. The van der Waals surface area contributed by atoms with E-state index < -0.39 is 18.0 Å². The van der Waals surface area contributed by atoms with E-state index in [2.05, 4.69) is 5.10 Å². The third-order valence-corrected chi connectivity index (χ3v) is 4.60. The molecule has 0 saturated heterocycles. The second-order valence-electron chi connectivity index (χ2n) is 5.62. The number of hydrogen-bond acceptors (Lipinski definition) is 2. The molecule has 0 spiro atoms. The van der Waals surface area contributed by atoms with Crippen LogP contribution in [0.3, 0.4) is 0 Å². The summed E-state index contributed by atoms with van der Waals surface area (Å²) in [5.74, 6) is 0. The summed E-state index contributed by atoms with van der Waals surface area (Å²) >= 11 is 11.9. The molecule has 0 atom stereocenters. The van der Waals surface area contributed by atoms with Crippen LogP contribution in [0.1, 0.15) is 22.5 Å². The van der Waals surface area contributed by atoms with Crippen molar-refractivity contribution in [2.45, 2.75) is 25.7 Å². The van der Waals surface area contributed by atoms with Crippen LogP contribution >= 0.6 is 23.2 Å². The zero-order chi connectivity index (χ0) is 18.4. The van der Waals surface area contributed by atoms with Gasteiger partial charge in [-0.3, -0.25) is 4.68 Å². The number of carboxylic acid groups (broad SMARTS) is 1. The van der Waals surface area contributed by atoms with Gasteiger partial charge in [0.25, 0.3) is 0 Å². The van der Waals surface area contributed by atoms with Crippen LogP contribution < -0.4 is 0 Å². The molecular weight excluding hydrogens is 382 g/mol. The standard InChI is InChI=1S/C15H12Cl2F3N3O2/c16-9-2-1-8(11(17)5-9)6-23-12-7-22(14(24)25)4-3-10(12)13(21-23)15(18,19)20/h1-2,5H,3-4,6-7H2,(H,24,25). The van der Waals surface area contributed by atoms with Crippen LogP contribution in [0.15, 0.2) is 18.2 Å². The summed E-state index contributed by atoms with van der Waals surface area (Å²) in [6.45, 7) is -0.167. The molecule has 1 amide bonds. The minimum absolute atomic E-state index is 0.00118. The lowest BCUT2D eigenvalue weighted by Gasteiger charge is -2.25.